The number of aromatic nitrogens is 2. The van der Waals surface area contributed by atoms with Crippen LogP contribution < -0.4 is 0 Å². The number of hydrogen-bond donors (Lipinski definition) is 0. The van der Waals surface area contributed by atoms with Crippen LogP contribution in [-0.4, -0.2) is 9.13 Å². The molecule has 5 nitrogen and oxygen atoms in total. The number of rotatable bonds is 2. The molecule has 0 radical (unpaired) electrons. The summed E-state index contributed by atoms with van der Waals surface area (Å²) < 4.78 is 4.44. The molecule has 38 heavy (non-hydrogen) atoms. The minimum Gasteiger partial charge on any atom is -0.309 e. The summed E-state index contributed by atoms with van der Waals surface area (Å²) in [5.41, 5.74) is 7.63. The third-order valence-corrected chi connectivity index (χ3v) is 7.14. The van der Waals surface area contributed by atoms with Crippen LogP contribution in [-0.2, 0) is 0 Å². The lowest BCUT2D eigenvalue weighted by Crippen LogP contribution is -2.00. The summed E-state index contributed by atoms with van der Waals surface area (Å²) in [5.74, 6) is 0. The fraction of sp³-hybridized carbons (Fsp3) is 0. The molecular weight excluding hydrogens is 466 g/mol. The van der Waals surface area contributed by atoms with Crippen LogP contribution in [0.3, 0.4) is 0 Å². The molecule has 0 amide bonds. The molecule has 0 saturated carbocycles. The molecule has 0 aliphatic rings. The lowest BCUT2D eigenvalue weighted by molar-refractivity contribution is 1.13. The van der Waals surface area contributed by atoms with Crippen LogP contribution in [0.15, 0.2) is 103 Å². The SMILES string of the molecule is [C-]#[N+]c1cccc(-n2c3ccc([N+]#[C-])cc3c3cccc(-n4c5ccccc5c5cc(C#N)ccc54)c32)c1. The first-order valence-corrected chi connectivity index (χ1v) is 12.1. The van der Waals surface area contributed by atoms with E-state index >= 15 is 0 Å². The molecule has 2 heterocycles. The standard InChI is InChI=1S/C33H17N5/c1-35-22-7-5-8-24(18-22)37-30-16-14-23(36-2)19-28(30)26-10-6-12-32(33(26)37)38-29-11-4-3-9-25(29)27-17-21(20-34)13-15-31(27)38/h3-19H. The topological polar surface area (TPSA) is 42.4 Å². The van der Waals surface area contributed by atoms with Crippen molar-refractivity contribution in [1.82, 2.24) is 9.13 Å². The Morgan fingerprint density at radius 2 is 1.26 bits per heavy atom. The number of benzene rings is 5. The average Bonchev–Trinajstić information content (AvgIpc) is 3.49. The summed E-state index contributed by atoms with van der Waals surface area (Å²) in [4.78, 5) is 7.34. The molecular formula is C33H17N5. The van der Waals surface area contributed by atoms with Crippen molar-refractivity contribution in [3.63, 3.8) is 0 Å². The number of fused-ring (bicyclic) bond motifs is 6. The van der Waals surface area contributed by atoms with E-state index in [2.05, 4.69) is 49.2 Å². The van der Waals surface area contributed by atoms with Gasteiger partial charge in [-0.3, -0.25) is 0 Å². The molecule has 0 fully saturated rings. The largest absolute Gasteiger partial charge is 0.309 e. The molecule has 0 spiro atoms. The van der Waals surface area contributed by atoms with Crippen LogP contribution in [0.1, 0.15) is 5.56 Å². The minimum atomic E-state index is 0.564. The highest BCUT2D eigenvalue weighted by molar-refractivity contribution is 6.15. The van der Waals surface area contributed by atoms with Crippen molar-refractivity contribution in [2.24, 2.45) is 0 Å². The first-order valence-electron chi connectivity index (χ1n) is 12.1. The molecule has 0 aliphatic heterocycles. The van der Waals surface area contributed by atoms with Gasteiger partial charge in [0.05, 0.1) is 52.5 Å². The Morgan fingerprint density at radius 1 is 0.579 bits per heavy atom. The van der Waals surface area contributed by atoms with E-state index in [9.17, 15) is 5.26 Å². The average molecular weight is 484 g/mol. The van der Waals surface area contributed by atoms with Crippen molar-refractivity contribution in [2.75, 3.05) is 0 Å². The zero-order valence-electron chi connectivity index (χ0n) is 20.1. The van der Waals surface area contributed by atoms with Gasteiger partial charge in [-0.25, -0.2) is 9.69 Å². The van der Waals surface area contributed by atoms with Crippen molar-refractivity contribution >= 4 is 55.0 Å². The molecule has 7 aromatic rings. The molecule has 0 aliphatic carbocycles. The van der Waals surface area contributed by atoms with Gasteiger partial charge in [0.2, 0.25) is 0 Å². The molecule has 0 bridgehead atoms. The lowest BCUT2D eigenvalue weighted by Gasteiger charge is -2.14. The Kier molecular flexibility index (Phi) is 4.57. The van der Waals surface area contributed by atoms with Crippen LogP contribution in [0.25, 0.3) is 64.7 Å². The minimum absolute atomic E-state index is 0.564. The second-order valence-electron chi connectivity index (χ2n) is 9.15. The first kappa shape index (κ1) is 21.5. The highest BCUT2D eigenvalue weighted by Crippen LogP contribution is 2.40. The molecule has 0 atom stereocenters. The fourth-order valence-electron chi connectivity index (χ4n) is 5.56. The van der Waals surface area contributed by atoms with Crippen molar-refractivity contribution in [2.45, 2.75) is 0 Å². The molecule has 0 N–H and O–H groups in total. The van der Waals surface area contributed by atoms with E-state index in [-0.39, 0.29) is 0 Å². The van der Waals surface area contributed by atoms with Gasteiger partial charge in [0.25, 0.3) is 0 Å². The third kappa shape index (κ3) is 2.96. The van der Waals surface area contributed by atoms with Crippen molar-refractivity contribution in [3.05, 3.63) is 132 Å². The van der Waals surface area contributed by atoms with Gasteiger partial charge in [-0.2, -0.15) is 5.26 Å². The Bertz CT molecular complexity index is 2230. The van der Waals surface area contributed by atoms with Crippen LogP contribution in [0.4, 0.5) is 11.4 Å². The van der Waals surface area contributed by atoms with Gasteiger partial charge in [-0.15, -0.1) is 0 Å². The van der Waals surface area contributed by atoms with Gasteiger partial charge in [-0.05, 0) is 60.0 Å². The van der Waals surface area contributed by atoms with Gasteiger partial charge in [0, 0.05) is 21.8 Å². The van der Waals surface area contributed by atoms with Gasteiger partial charge < -0.3 is 9.13 Å². The van der Waals surface area contributed by atoms with E-state index < -0.39 is 0 Å². The zero-order valence-corrected chi connectivity index (χ0v) is 20.1. The third-order valence-electron chi connectivity index (χ3n) is 7.14. The molecule has 174 valence electrons. The normalized spacial score (nSPS) is 11.1. The van der Waals surface area contributed by atoms with E-state index in [1.54, 1.807) is 0 Å². The van der Waals surface area contributed by atoms with E-state index in [1.165, 1.54) is 0 Å². The second kappa shape index (κ2) is 8.10. The number of nitrogens with zero attached hydrogens (tertiary/aromatic N) is 5. The predicted molar refractivity (Wildman–Crippen MR) is 152 cm³/mol. The summed E-state index contributed by atoms with van der Waals surface area (Å²) >= 11 is 0. The number of hydrogen-bond acceptors (Lipinski definition) is 1. The summed E-state index contributed by atoms with van der Waals surface area (Å²) in [6.07, 6.45) is 0. The van der Waals surface area contributed by atoms with Crippen LogP contribution in [0, 0.1) is 24.5 Å². The quantitative estimate of drug-likeness (QED) is 0.226. The zero-order chi connectivity index (χ0) is 25.8. The van der Waals surface area contributed by atoms with E-state index in [1.807, 2.05) is 78.9 Å². The highest BCUT2D eigenvalue weighted by Gasteiger charge is 2.20. The maximum atomic E-state index is 9.56. The maximum Gasteiger partial charge on any atom is 0.189 e. The summed E-state index contributed by atoms with van der Waals surface area (Å²) in [5, 5.41) is 13.7. The van der Waals surface area contributed by atoms with Gasteiger partial charge in [0.15, 0.2) is 11.4 Å². The Hall–Kier alpha value is -5.83. The number of nitriles is 1. The monoisotopic (exact) mass is 483 g/mol. The van der Waals surface area contributed by atoms with Crippen LogP contribution in [0.5, 0.6) is 0 Å². The maximum absolute atomic E-state index is 9.56. The molecule has 0 unspecified atom stereocenters. The highest BCUT2D eigenvalue weighted by atomic mass is 15.1. The predicted octanol–water partition coefficient (Wildman–Crippen LogP) is 8.85. The smallest absolute Gasteiger partial charge is 0.189 e. The Morgan fingerprint density at radius 3 is 2.11 bits per heavy atom. The van der Waals surface area contributed by atoms with Gasteiger partial charge in [0.1, 0.15) is 0 Å². The molecule has 5 heteroatoms. The van der Waals surface area contributed by atoms with Crippen molar-refractivity contribution in [1.29, 1.82) is 5.26 Å². The Balaban J connectivity index is 1.70. The first-order chi connectivity index (χ1) is 18.7. The van der Waals surface area contributed by atoms with Crippen molar-refractivity contribution in [3.8, 4) is 17.4 Å². The lowest BCUT2D eigenvalue weighted by atomic mass is 10.1. The summed E-state index contributed by atoms with van der Waals surface area (Å²) in [6.45, 7) is 15.1. The Labute approximate surface area is 218 Å². The van der Waals surface area contributed by atoms with E-state index in [0.29, 0.717) is 16.9 Å². The molecule has 5 aromatic carbocycles. The van der Waals surface area contributed by atoms with E-state index in [0.717, 1.165) is 55.0 Å². The second-order valence-corrected chi connectivity index (χ2v) is 9.15. The van der Waals surface area contributed by atoms with Crippen LogP contribution in [0.2, 0.25) is 0 Å². The summed E-state index contributed by atoms with van der Waals surface area (Å²) in [7, 11) is 0. The van der Waals surface area contributed by atoms with Crippen molar-refractivity contribution < 1.29 is 0 Å². The van der Waals surface area contributed by atoms with Crippen LogP contribution >= 0.6 is 0 Å². The van der Waals surface area contributed by atoms with E-state index in [4.69, 9.17) is 13.1 Å². The van der Waals surface area contributed by atoms with Gasteiger partial charge >= 0.3 is 0 Å². The number of para-hydroxylation sites is 2. The molecule has 2 aromatic heterocycles. The fourth-order valence-corrected chi connectivity index (χ4v) is 5.56. The summed E-state index contributed by atoms with van der Waals surface area (Å²) in [6, 6.07) is 36.0. The van der Waals surface area contributed by atoms with Gasteiger partial charge in [-0.1, -0.05) is 48.5 Å². The molecule has 7 rings (SSSR count). The molecule has 0 saturated heterocycles.